The summed E-state index contributed by atoms with van der Waals surface area (Å²) in [7, 11) is 0.838. The van der Waals surface area contributed by atoms with Crippen molar-refractivity contribution in [1.82, 2.24) is 10.6 Å². The Balaban J connectivity index is 2.71. The van der Waals surface area contributed by atoms with Gasteiger partial charge >= 0.3 is 0 Å². The molecule has 2 atom stereocenters. The molecule has 0 aliphatic heterocycles. The van der Waals surface area contributed by atoms with Gasteiger partial charge in [0.1, 0.15) is 0 Å². The highest BCUT2D eigenvalue weighted by molar-refractivity contribution is 7.86. The molecule has 0 saturated heterocycles. The molecule has 0 aliphatic rings. The zero-order valence-electron chi connectivity index (χ0n) is 17.7. The van der Waals surface area contributed by atoms with Crippen molar-refractivity contribution < 1.29 is 13.7 Å². The van der Waals surface area contributed by atoms with E-state index in [1.165, 1.54) is 0 Å². The number of nitrogens with one attached hydrogen (secondary N) is 2. The first-order valence-corrected chi connectivity index (χ1v) is 10.8. The van der Waals surface area contributed by atoms with Gasteiger partial charge in [-0.2, -0.15) is 0 Å². The molecular formula is C20H35N3O3S. The summed E-state index contributed by atoms with van der Waals surface area (Å²) < 4.78 is 23.3. The molecule has 0 aromatic heterocycles. The van der Waals surface area contributed by atoms with Crippen molar-refractivity contribution >= 4 is 16.8 Å². The molecule has 2 N–H and O–H groups in total. The number of nitrogens with zero attached hydrogens (tertiary/aromatic N) is 1. The van der Waals surface area contributed by atoms with Crippen LogP contribution >= 0.6 is 0 Å². The first-order chi connectivity index (χ1) is 12.7. The molecule has 0 aliphatic carbocycles. The first kappa shape index (κ1) is 23.3. The van der Waals surface area contributed by atoms with E-state index in [0.29, 0.717) is 31.5 Å². The molecule has 0 amide bonds. The second-order valence-electron chi connectivity index (χ2n) is 7.10. The molecule has 1 aromatic rings. The molecule has 0 spiro atoms. The van der Waals surface area contributed by atoms with E-state index in [1.54, 1.807) is 7.05 Å². The summed E-state index contributed by atoms with van der Waals surface area (Å²) in [6, 6.07) is 5.98. The fourth-order valence-electron chi connectivity index (χ4n) is 2.39. The molecule has 0 saturated carbocycles. The highest BCUT2D eigenvalue weighted by Gasteiger charge is 2.19. The maximum Gasteiger partial charge on any atom is 0.191 e. The zero-order chi connectivity index (χ0) is 20.4. The molecule has 0 fully saturated rings. The maximum absolute atomic E-state index is 12.1. The molecular weight excluding hydrogens is 362 g/mol. The van der Waals surface area contributed by atoms with E-state index < -0.39 is 10.8 Å². The molecule has 0 heterocycles. The minimum atomic E-state index is -0.890. The average Bonchev–Trinajstić information content (AvgIpc) is 2.61. The van der Waals surface area contributed by atoms with Crippen LogP contribution < -0.4 is 20.1 Å². The molecule has 7 heteroatoms. The quantitative estimate of drug-likeness (QED) is 0.494. The van der Waals surface area contributed by atoms with Gasteiger partial charge in [-0.25, -0.2) is 0 Å². The number of hydrogen-bond donors (Lipinski definition) is 2. The SMILES string of the molecule is CCOc1ccc(C(C)NC(=NC)NCCS(=O)C(C)(C)C)cc1OCC. The number of aliphatic imine (C=N–C) groups is 1. The van der Waals surface area contributed by atoms with Gasteiger partial charge in [-0.1, -0.05) is 6.07 Å². The van der Waals surface area contributed by atoms with Crippen LogP contribution in [0.3, 0.4) is 0 Å². The Morgan fingerprint density at radius 2 is 1.81 bits per heavy atom. The standard InChI is InChI=1S/C20H35N3O3S/c1-8-25-17-11-10-16(14-18(17)26-9-2)15(3)23-19(21-7)22-12-13-27(24)20(4,5)6/h10-11,14-15H,8-9,12-13H2,1-7H3,(H2,21,22,23). The third kappa shape index (κ3) is 7.79. The van der Waals surface area contributed by atoms with E-state index in [9.17, 15) is 4.21 Å². The first-order valence-electron chi connectivity index (χ1n) is 9.48. The van der Waals surface area contributed by atoms with Gasteiger partial charge in [-0.3, -0.25) is 9.20 Å². The number of hydrogen-bond acceptors (Lipinski definition) is 4. The molecule has 6 nitrogen and oxygen atoms in total. The summed E-state index contributed by atoms with van der Waals surface area (Å²) in [5.74, 6) is 2.76. The monoisotopic (exact) mass is 397 g/mol. The Bertz CT molecular complexity index is 642. The van der Waals surface area contributed by atoms with Crippen LogP contribution in [0.5, 0.6) is 11.5 Å². The average molecular weight is 398 g/mol. The Morgan fingerprint density at radius 3 is 2.37 bits per heavy atom. The van der Waals surface area contributed by atoms with Crippen LogP contribution in [0.2, 0.25) is 0 Å². The maximum atomic E-state index is 12.1. The summed E-state index contributed by atoms with van der Waals surface area (Å²) >= 11 is 0. The number of benzene rings is 1. The lowest BCUT2D eigenvalue weighted by atomic mass is 10.1. The lowest BCUT2D eigenvalue weighted by Crippen LogP contribution is -2.41. The molecule has 1 aromatic carbocycles. The Hall–Kier alpha value is -1.76. The minimum Gasteiger partial charge on any atom is -0.490 e. The van der Waals surface area contributed by atoms with Gasteiger partial charge < -0.3 is 20.1 Å². The molecule has 27 heavy (non-hydrogen) atoms. The molecule has 154 valence electrons. The van der Waals surface area contributed by atoms with Gasteiger partial charge in [-0.05, 0) is 59.2 Å². The van der Waals surface area contributed by atoms with Crippen molar-refractivity contribution in [1.29, 1.82) is 0 Å². The van der Waals surface area contributed by atoms with Crippen LogP contribution in [0.4, 0.5) is 0 Å². The van der Waals surface area contributed by atoms with E-state index >= 15 is 0 Å². The highest BCUT2D eigenvalue weighted by Crippen LogP contribution is 2.30. The van der Waals surface area contributed by atoms with Gasteiger partial charge in [0, 0.05) is 34.9 Å². The van der Waals surface area contributed by atoms with Crippen molar-refractivity contribution in [2.45, 2.75) is 52.3 Å². The number of guanidine groups is 1. The predicted octanol–water partition coefficient (Wildman–Crippen LogP) is 3.26. The van der Waals surface area contributed by atoms with Crippen LogP contribution in [0.1, 0.15) is 53.1 Å². The molecule has 0 bridgehead atoms. The van der Waals surface area contributed by atoms with Crippen LogP contribution in [0.15, 0.2) is 23.2 Å². The topological polar surface area (TPSA) is 72.0 Å². The summed E-state index contributed by atoms with van der Waals surface area (Å²) in [5.41, 5.74) is 1.07. The lowest BCUT2D eigenvalue weighted by molar-refractivity contribution is 0.287. The van der Waals surface area contributed by atoms with Gasteiger partial charge in [0.2, 0.25) is 0 Å². The van der Waals surface area contributed by atoms with Crippen LogP contribution in [0.25, 0.3) is 0 Å². The fourth-order valence-corrected chi connectivity index (χ4v) is 3.29. The van der Waals surface area contributed by atoms with E-state index in [1.807, 2.05) is 52.8 Å². The summed E-state index contributed by atoms with van der Waals surface area (Å²) in [6.45, 7) is 13.7. The molecule has 1 rings (SSSR count). The Kier molecular flexibility index (Phi) is 9.63. The van der Waals surface area contributed by atoms with E-state index in [-0.39, 0.29) is 10.8 Å². The number of rotatable bonds is 9. The van der Waals surface area contributed by atoms with E-state index in [2.05, 4.69) is 22.5 Å². The van der Waals surface area contributed by atoms with Crippen molar-refractivity contribution in [3.63, 3.8) is 0 Å². The van der Waals surface area contributed by atoms with Gasteiger partial charge in [0.05, 0.1) is 19.3 Å². The van der Waals surface area contributed by atoms with E-state index in [4.69, 9.17) is 9.47 Å². The van der Waals surface area contributed by atoms with Crippen molar-refractivity contribution in [2.75, 3.05) is 32.6 Å². The highest BCUT2D eigenvalue weighted by atomic mass is 32.2. The Labute approximate surface area is 166 Å². The summed E-state index contributed by atoms with van der Waals surface area (Å²) in [4.78, 5) is 4.26. The van der Waals surface area contributed by atoms with Crippen molar-refractivity contribution in [2.24, 2.45) is 4.99 Å². The van der Waals surface area contributed by atoms with Crippen molar-refractivity contribution in [3.05, 3.63) is 23.8 Å². The summed E-state index contributed by atoms with van der Waals surface area (Å²) in [6.07, 6.45) is 0. The minimum absolute atomic E-state index is 0.0270. The number of ether oxygens (including phenoxy) is 2. The summed E-state index contributed by atoms with van der Waals surface area (Å²) in [5, 5.41) is 6.59. The third-order valence-corrected chi connectivity index (χ3v) is 5.85. The third-order valence-electron chi connectivity index (χ3n) is 3.91. The second-order valence-corrected chi connectivity index (χ2v) is 9.42. The lowest BCUT2D eigenvalue weighted by Gasteiger charge is -2.21. The van der Waals surface area contributed by atoms with Gasteiger partial charge in [0.15, 0.2) is 17.5 Å². The zero-order valence-corrected chi connectivity index (χ0v) is 18.5. The van der Waals surface area contributed by atoms with Crippen LogP contribution in [0, 0.1) is 0 Å². The van der Waals surface area contributed by atoms with Crippen LogP contribution in [-0.2, 0) is 10.8 Å². The molecule has 2 unspecified atom stereocenters. The van der Waals surface area contributed by atoms with Gasteiger partial charge in [-0.15, -0.1) is 0 Å². The van der Waals surface area contributed by atoms with Crippen LogP contribution in [-0.4, -0.2) is 47.5 Å². The fraction of sp³-hybridized carbons (Fsp3) is 0.650. The predicted molar refractivity (Wildman–Crippen MR) is 114 cm³/mol. The van der Waals surface area contributed by atoms with Crippen molar-refractivity contribution in [3.8, 4) is 11.5 Å². The Morgan fingerprint density at radius 1 is 1.19 bits per heavy atom. The van der Waals surface area contributed by atoms with Gasteiger partial charge in [0.25, 0.3) is 0 Å². The largest absolute Gasteiger partial charge is 0.490 e. The molecule has 0 radical (unpaired) electrons. The van der Waals surface area contributed by atoms with E-state index in [0.717, 1.165) is 17.1 Å². The normalized spacial score (nSPS) is 14.4. The second kappa shape index (κ2) is 11.2. The smallest absolute Gasteiger partial charge is 0.191 e.